The van der Waals surface area contributed by atoms with Crippen molar-refractivity contribution in [2.75, 3.05) is 17.2 Å². The predicted molar refractivity (Wildman–Crippen MR) is 126 cm³/mol. The smallest absolute Gasteiger partial charge is 0.246 e. The van der Waals surface area contributed by atoms with Crippen molar-refractivity contribution in [1.29, 1.82) is 0 Å². The first kappa shape index (κ1) is 20.3. The van der Waals surface area contributed by atoms with Crippen LogP contribution in [0.3, 0.4) is 0 Å². The van der Waals surface area contributed by atoms with Crippen molar-refractivity contribution in [2.24, 2.45) is 0 Å². The van der Waals surface area contributed by atoms with E-state index in [0.717, 1.165) is 28.2 Å². The number of nitrogens with one attached hydrogen (secondary N) is 2. The second-order valence-electron chi connectivity index (χ2n) is 7.46. The van der Waals surface area contributed by atoms with Crippen LogP contribution < -0.4 is 10.6 Å². The number of hydrogen-bond acceptors (Lipinski definition) is 4. The van der Waals surface area contributed by atoms with Crippen molar-refractivity contribution in [2.45, 2.75) is 13.8 Å². The number of nitrogens with zero attached hydrogens (tertiary/aromatic N) is 2. The van der Waals surface area contributed by atoms with Crippen LogP contribution in [0.2, 0.25) is 0 Å². The molecule has 5 nitrogen and oxygen atoms in total. The lowest BCUT2D eigenvalue weighted by molar-refractivity contribution is -0.114. The zero-order valence-electron chi connectivity index (χ0n) is 17.6. The quantitative estimate of drug-likeness (QED) is 0.443. The summed E-state index contributed by atoms with van der Waals surface area (Å²) in [7, 11) is 0. The molecule has 0 aliphatic carbocycles. The van der Waals surface area contributed by atoms with Crippen LogP contribution in [-0.2, 0) is 4.79 Å². The molecule has 0 fully saturated rings. The van der Waals surface area contributed by atoms with Gasteiger partial charge in [0.25, 0.3) is 0 Å². The van der Waals surface area contributed by atoms with E-state index in [2.05, 4.69) is 20.6 Å². The van der Waals surface area contributed by atoms with E-state index in [4.69, 9.17) is 0 Å². The minimum Gasteiger partial charge on any atom is -0.376 e. The maximum absolute atomic E-state index is 12.5. The Bertz CT molecular complexity index is 1170. The predicted octanol–water partition coefficient (Wildman–Crippen LogP) is 5.48. The van der Waals surface area contributed by atoms with Crippen molar-refractivity contribution in [1.82, 2.24) is 9.97 Å². The number of benzene rings is 3. The van der Waals surface area contributed by atoms with Gasteiger partial charge in [0.15, 0.2) is 0 Å². The molecule has 2 N–H and O–H groups in total. The Morgan fingerprint density at radius 1 is 0.742 bits per heavy atom. The average Bonchev–Trinajstić information content (AvgIpc) is 2.79. The van der Waals surface area contributed by atoms with Crippen LogP contribution in [0.5, 0.6) is 0 Å². The highest BCUT2D eigenvalue weighted by Gasteiger charge is 2.11. The van der Waals surface area contributed by atoms with E-state index in [1.54, 1.807) is 0 Å². The van der Waals surface area contributed by atoms with Crippen molar-refractivity contribution in [3.63, 3.8) is 0 Å². The highest BCUT2D eigenvalue weighted by atomic mass is 16.2. The first-order chi connectivity index (χ1) is 15.1. The Morgan fingerprint density at radius 3 is 1.90 bits per heavy atom. The highest BCUT2D eigenvalue weighted by molar-refractivity contribution is 5.92. The number of aryl methyl sites for hydroxylation is 2. The summed E-state index contributed by atoms with van der Waals surface area (Å²) >= 11 is 0. The number of anilines is 2. The standard InChI is InChI=1S/C26H24N4O/c1-18-8-12-21(13-9-18)24-16-23(20-6-4-3-5-7-20)28-26(29-24)30-25(31)17-27-22-14-10-19(2)11-15-22/h3-16,27H,17H2,1-2H3,(H,28,29,30,31). The van der Waals surface area contributed by atoms with Gasteiger partial charge in [-0.1, -0.05) is 77.9 Å². The summed E-state index contributed by atoms with van der Waals surface area (Å²) in [4.78, 5) is 21.7. The van der Waals surface area contributed by atoms with Gasteiger partial charge in [0.2, 0.25) is 11.9 Å². The lowest BCUT2D eigenvalue weighted by atomic mass is 10.1. The van der Waals surface area contributed by atoms with E-state index in [9.17, 15) is 4.79 Å². The van der Waals surface area contributed by atoms with E-state index in [1.165, 1.54) is 11.1 Å². The monoisotopic (exact) mass is 408 g/mol. The molecule has 0 radical (unpaired) electrons. The minimum absolute atomic E-state index is 0.127. The maximum Gasteiger partial charge on any atom is 0.246 e. The molecule has 4 aromatic rings. The summed E-state index contributed by atoms with van der Waals surface area (Å²) in [6.07, 6.45) is 0. The summed E-state index contributed by atoms with van der Waals surface area (Å²) in [5.41, 5.74) is 6.69. The van der Waals surface area contributed by atoms with E-state index >= 15 is 0 Å². The third kappa shape index (κ3) is 5.34. The summed E-state index contributed by atoms with van der Waals surface area (Å²) < 4.78 is 0. The number of hydrogen-bond donors (Lipinski definition) is 2. The Balaban J connectivity index is 1.58. The molecule has 0 bridgehead atoms. The number of carbonyl (C=O) groups is 1. The molecule has 5 heteroatoms. The molecule has 1 heterocycles. The number of aromatic nitrogens is 2. The molecular weight excluding hydrogens is 384 g/mol. The fourth-order valence-corrected chi connectivity index (χ4v) is 3.15. The largest absolute Gasteiger partial charge is 0.376 e. The molecule has 0 aliphatic rings. The van der Waals surface area contributed by atoms with E-state index in [0.29, 0.717) is 0 Å². The first-order valence-electron chi connectivity index (χ1n) is 10.2. The Morgan fingerprint density at radius 2 is 1.29 bits per heavy atom. The second kappa shape index (κ2) is 9.22. The zero-order chi connectivity index (χ0) is 21.6. The molecule has 0 atom stereocenters. The van der Waals surface area contributed by atoms with Crippen LogP contribution in [0.1, 0.15) is 11.1 Å². The van der Waals surface area contributed by atoms with Crippen LogP contribution in [0.4, 0.5) is 11.6 Å². The zero-order valence-corrected chi connectivity index (χ0v) is 17.6. The van der Waals surface area contributed by atoms with Crippen molar-refractivity contribution < 1.29 is 4.79 Å². The van der Waals surface area contributed by atoms with E-state index in [1.807, 2.05) is 98.8 Å². The minimum atomic E-state index is -0.208. The van der Waals surface area contributed by atoms with Crippen LogP contribution >= 0.6 is 0 Å². The first-order valence-corrected chi connectivity index (χ1v) is 10.2. The highest BCUT2D eigenvalue weighted by Crippen LogP contribution is 2.25. The Labute approximate surface area is 182 Å². The molecule has 154 valence electrons. The third-order valence-corrected chi connectivity index (χ3v) is 4.90. The molecular formula is C26H24N4O. The molecule has 0 spiro atoms. The average molecular weight is 409 g/mol. The number of rotatable bonds is 6. The van der Waals surface area contributed by atoms with E-state index in [-0.39, 0.29) is 18.4 Å². The van der Waals surface area contributed by atoms with Crippen molar-refractivity contribution in [3.05, 3.63) is 96.1 Å². The van der Waals surface area contributed by atoms with Gasteiger partial charge in [-0.2, -0.15) is 0 Å². The molecule has 31 heavy (non-hydrogen) atoms. The van der Waals surface area contributed by atoms with Crippen LogP contribution in [0.15, 0.2) is 84.9 Å². The van der Waals surface area contributed by atoms with Crippen molar-refractivity contribution >= 4 is 17.5 Å². The van der Waals surface area contributed by atoms with Crippen LogP contribution in [0.25, 0.3) is 22.5 Å². The molecule has 3 aromatic carbocycles. The van der Waals surface area contributed by atoms with Crippen LogP contribution in [-0.4, -0.2) is 22.4 Å². The van der Waals surface area contributed by atoms with Gasteiger partial charge in [-0.05, 0) is 32.0 Å². The van der Waals surface area contributed by atoms with Gasteiger partial charge >= 0.3 is 0 Å². The van der Waals surface area contributed by atoms with Gasteiger partial charge in [0.05, 0.1) is 17.9 Å². The SMILES string of the molecule is Cc1ccc(NCC(=O)Nc2nc(-c3ccccc3)cc(-c3ccc(C)cc3)n2)cc1. The molecule has 0 aliphatic heterocycles. The van der Waals surface area contributed by atoms with Crippen molar-refractivity contribution in [3.8, 4) is 22.5 Å². The lowest BCUT2D eigenvalue weighted by Gasteiger charge is -2.11. The Hall–Kier alpha value is -3.99. The molecule has 4 rings (SSSR count). The maximum atomic E-state index is 12.5. The van der Waals surface area contributed by atoms with Gasteiger partial charge in [-0.3, -0.25) is 10.1 Å². The number of amides is 1. The topological polar surface area (TPSA) is 66.9 Å². The number of carbonyl (C=O) groups excluding carboxylic acids is 1. The fraction of sp³-hybridized carbons (Fsp3) is 0.115. The van der Waals surface area contributed by atoms with Gasteiger partial charge in [-0.15, -0.1) is 0 Å². The molecule has 0 unspecified atom stereocenters. The van der Waals surface area contributed by atoms with Gasteiger partial charge in [0.1, 0.15) is 0 Å². The van der Waals surface area contributed by atoms with Gasteiger partial charge in [0, 0.05) is 16.8 Å². The lowest BCUT2D eigenvalue weighted by Crippen LogP contribution is -2.23. The summed E-state index contributed by atoms with van der Waals surface area (Å²) in [5.74, 6) is 0.0771. The summed E-state index contributed by atoms with van der Waals surface area (Å²) in [6.45, 7) is 4.20. The summed E-state index contributed by atoms with van der Waals surface area (Å²) in [5, 5.41) is 5.95. The fourth-order valence-electron chi connectivity index (χ4n) is 3.15. The second-order valence-corrected chi connectivity index (χ2v) is 7.46. The molecule has 1 aromatic heterocycles. The molecule has 1 amide bonds. The molecule has 0 saturated carbocycles. The summed E-state index contributed by atoms with van der Waals surface area (Å²) in [6, 6.07) is 27.9. The van der Waals surface area contributed by atoms with Crippen LogP contribution in [0, 0.1) is 13.8 Å². The van der Waals surface area contributed by atoms with Gasteiger partial charge in [-0.25, -0.2) is 9.97 Å². The Kier molecular flexibility index (Phi) is 6.03. The molecule has 0 saturated heterocycles. The van der Waals surface area contributed by atoms with Gasteiger partial charge < -0.3 is 5.32 Å². The third-order valence-electron chi connectivity index (χ3n) is 4.90. The van der Waals surface area contributed by atoms with E-state index < -0.39 is 0 Å². The normalized spacial score (nSPS) is 10.5.